The second-order valence-corrected chi connectivity index (χ2v) is 4.73. The van der Waals surface area contributed by atoms with Gasteiger partial charge in [0.15, 0.2) is 0 Å². The number of aromatic nitrogens is 1. The van der Waals surface area contributed by atoms with Crippen LogP contribution in [0.15, 0.2) is 18.3 Å². The van der Waals surface area contributed by atoms with Gasteiger partial charge in [-0.1, -0.05) is 13.0 Å². The lowest BCUT2D eigenvalue weighted by molar-refractivity contribution is -0.0253. The molecule has 1 unspecified atom stereocenters. The summed E-state index contributed by atoms with van der Waals surface area (Å²) in [4.78, 5) is 6.61. The monoisotopic (exact) mass is 265 g/mol. The summed E-state index contributed by atoms with van der Waals surface area (Å²) in [5.74, 6) is 0.651. The van der Waals surface area contributed by atoms with Gasteiger partial charge in [0.25, 0.3) is 0 Å². The number of pyridine rings is 1. The molecule has 1 aromatic rings. The van der Waals surface area contributed by atoms with Crippen molar-refractivity contribution in [3.8, 4) is 5.88 Å². The maximum Gasteiger partial charge on any atom is 0.212 e. The number of nitrogens with zero attached hydrogens (tertiary/aromatic N) is 2. The largest absolute Gasteiger partial charge is 0.481 e. The molecule has 1 N–H and O–H groups in total. The Morgan fingerprint density at radius 2 is 2.42 bits per heavy atom. The predicted octanol–water partition coefficient (Wildman–Crippen LogP) is 0.900. The van der Waals surface area contributed by atoms with Crippen LogP contribution in [-0.4, -0.2) is 55.9 Å². The molecular formula is C14H23N3O2. The molecule has 5 nitrogen and oxygen atoms in total. The standard InChI is InChI=1S/C14H23N3O2/c1-3-17-6-7-19-13(11-17)10-15-8-12-4-5-14(18-2)16-9-12/h4-5,9,13,15H,3,6-8,10-11H2,1-2H3. The first-order chi connectivity index (χ1) is 9.31. The van der Waals surface area contributed by atoms with Crippen LogP contribution in [0.5, 0.6) is 5.88 Å². The van der Waals surface area contributed by atoms with Gasteiger partial charge in [-0.25, -0.2) is 4.98 Å². The van der Waals surface area contributed by atoms with Gasteiger partial charge >= 0.3 is 0 Å². The van der Waals surface area contributed by atoms with E-state index >= 15 is 0 Å². The molecule has 106 valence electrons. The van der Waals surface area contributed by atoms with Crippen molar-refractivity contribution in [2.75, 3.05) is 39.9 Å². The van der Waals surface area contributed by atoms with Crippen LogP contribution in [0.3, 0.4) is 0 Å². The number of likely N-dealkylation sites (N-methyl/N-ethyl adjacent to an activating group) is 1. The second kappa shape index (κ2) is 7.43. The van der Waals surface area contributed by atoms with E-state index in [0.717, 1.165) is 44.9 Å². The summed E-state index contributed by atoms with van der Waals surface area (Å²) in [6.45, 7) is 7.89. The summed E-state index contributed by atoms with van der Waals surface area (Å²) in [7, 11) is 1.63. The van der Waals surface area contributed by atoms with Crippen molar-refractivity contribution in [2.24, 2.45) is 0 Å². The van der Waals surface area contributed by atoms with Crippen LogP contribution in [0, 0.1) is 0 Å². The van der Waals surface area contributed by atoms with Crippen LogP contribution in [0.1, 0.15) is 12.5 Å². The molecule has 1 saturated heterocycles. The topological polar surface area (TPSA) is 46.6 Å². The Morgan fingerprint density at radius 3 is 3.11 bits per heavy atom. The van der Waals surface area contributed by atoms with Crippen molar-refractivity contribution < 1.29 is 9.47 Å². The number of ether oxygens (including phenoxy) is 2. The van der Waals surface area contributed by atoms with Crippen LogP contribution in [0.4, 0.5) is 0 Å². The van der Waals surface area contributed by atoms with E-state index in [1.807, 2.05) is 18.3 Å². The molecular weight excluding hydrogens is 242 g/mol. The number of hydrogen-bond donors (Lipinski definition) is 1. The summed E-state index contributed by atoms with van der Waals surface area (Å²) >= 11 is 0. The van der Waals surface area contributed by atoms with Gasteiger partial charge in [-0.3, -0.25) is 4.90 Å². The fourth-order valence-electron chi connectivity index (χ4n) is 2.20. The Hall–Kier alpha value is -1.17. The van der Waals surface area contributed by atoms with Crippen molar-refractivity contribution in [2.45, 2.75) is 19.6 Å². The lowest BCUT2D eigenvalue weighted by atomic mass is 10.2. The van der Waals surface area contributed by atoms with Gasteiger partial charge in [-0.05, 0) is 12.1 Å². The minimum atomic E-state index is 0.292. The average molecular weight is 265 g/mol. The fraction of sp³-hybridized carbons (Fsp3) is 0.643. The van der Waals surface area contributed by atoms with E-state index in [1.165, 1.54) is 0 Å². The molecule has 0 aromatic carbocycles. The highest BCUT2D eigenvalue weighted by Crippen LogP contribution is 2.07. The third-order valence-corrected chi connectivity index (χ3v) is 3.38. The number of nitrogens with one attached hydrogen (secondary N) is 1. The minimum absolute atomic E-state index is 0.292. The van der Waals surface area contributed by atoms with E-state index in [-0.39, 0.29) is 0 Å². The third kappa shape index (κ3) is 4.45. The molecule has 0 aliphatic carbocycles. The second-order valence-electron chi connectivity index (χ2n) is 4.73. The normalized spacial score (nSPS) is 20.4. The molecule has 0 amide bonds. The van der Waals surface area contributed by atoms with Crippen LogP contribution in [-0.2, 0) is 11.3 Å². The van der Waals surface area contributed by atoms with Crippen molar-refractivity contribution in [3.63, 3.8) is 0 Å². The molecule has 1 fully saturated rings. The first-order valence-corrected chi connectivity index (χ1v) is 6.85. The molecule has 0 spiro atoms. The summed E-state index contributed by atoms with van der Waals surface area (Å²) in [6, 6.07) is 3.91. The molecule has 5 heteroatoms. The maximum absolute atomic E-state index is 5.74. The van der Waals surface area contributed by atoms with Crippen LogP contribution in [0.2, 0.25) is 0 Å². The molecule has 0 bridgehead atoms. The minimum Gasteiger partial charge on any atom is -0.481 e. The van der Waals surface area contributed by atoms with E-state index in [0.29, 0.717) is 12.0 Å². The maximum atomic E-state index is 5.74. The SMILES string of the molecule is CCN1CCOC(CNCc2ccc(OC)nc2)C1. The highest BCUT2D eigenvalue weighted by molar-refractivity contribution is 5.17. The van der Waals surface area contributed by atoms with E-state index in [1.54, 1.807) is 7.11 Å². The van der Waals surface area contributed by atoms with Gasteiger partial charge in [0.05, 0.1) is 19.8 Å². The van der Waals surface area contributed by atoms with Crippen molar-refractivity contribution in [3.05, 3.63) is 23.9 Å². The van der Waals surface area contributed by atoms with Crippen molar-refractivity contribution >= 4 is 0 Å². The number of morpholine rings is 1. The Labute approximate surface area is 114 Å². The van der Waals surface area contributed by atoms with Gasteiger partial charge in [-0.2, -0.15) is 0 Å². The van der Waals surface area contributed by atoms with Crippen LogP contribution in [0.25, 0.3) is 0 Å². The quantitative estimate of drug-likeness (QED) is 0.828. The van der Waals surface area contributed by atoms with Gasteiger partial charge in [0.2, 0.25) is 5.88 Å². The van der Waals surface area contributed by atoms with Gasteiger partial charge in [0, 0.05) is 38.4 Å². The smallest absolute Gasteiger partial charge is 0.212 e. The Morgan fingerprint density at radius 1 is 1.53 bits per heavy atom. The molecule has 2 rings (SSSR count). The molecule has 0 saturated carbocycles. The lowest BCUT2D eigenvalue weighted by Gasteiger charge is -2.32. The van der Waals surface area contributed by atoms with E-state index in [2.05, 4.69) is 22.1 Å². The van der Waals surface area contributed by atoms with E-state index in [9.17, 15) is 0 Å². The Bertz CT molecular complexity index is 369. The number of rotatable bonds is 6. The summed E-state index contributed by atoms with van der Waals surface area (Å²) in [6.07, 6.45) is 2.13. The van der Waals surface area contributed by atoms with Gasteiger partial charge < -0.3 is 14.8 Å². The molecule has 1 aliphatic rings. The highest BCUT2D eigenvalue weighted by Gasteiger charge is 2.18. The predicted molar refractivity (Wildman–Crippen MR) is 74.3 cm³/mol. The van der Waals surface area contributed by atoms with Gasteiger partial charge in [0.1, 0.15) is 0 Å². The van der Waals surface area contributed by atoms with Crippen LogP contribution >= 0.6 is 0 Å². The molecule has 1 aliphatic heterocycles. The number of hydrogen-bond acceptors (Lipinski definition) is 5. The van der Waals surface area contributed by atoms with E-state index < -0.39 is 0 Å². The molecule has 1 aromatic heterocycles. The molecule has 0 radical (unpaired) electrons. The highest BCUT2D eigenvalue weighted by atomic mass is 16.5. The molecule has 1 atom stereocenters. The van der Waals surface area contributed by atoms with Crippen LogP contribution < -0.4 is 10.1 Å². The van der Waals surface area contributed by atoms with Gasteiger partial charge in [-0.15, -0.1) is 0 Å². The fourth-order valence-corrected chi connectivity index (χ4v) is 2.20. The summed E-state index contributed by atoms with van der Waals surface area (Å²) in [5.41, 5.74) is 1.16. The first-order valence-electron chi connectivity index (χ1n) is 6.85. The zero-order valence-electron chi connectivity index (χ0n) is 11.8. The third-order valence-electron chi connectivity index (χ3n) is 3.38. The van der Waals surface area contributed by atoms with Crippen molar-refractivity contribution in [1.29, 1.82) is 0 Å². The van der Waals surface area contributed by atoms with E-state index in [4.69, 9.17) is 9.47 Å². The lowest BCUT2D eigenvalue weighted by Crippen LogP contribution is -2.46. The molecule has 19 heavy (non-hydrogen) atoms. The number of methoxy groups -OCH3 is 1. The average Bonchev–Trinajstić information content (AvgIpc) is 2.48. The zero-order chi connectivity index (χ0) is 13.5. The zero-order valence-corrected chi connectivity index (χ0v) is 11.8. The Balaban J connectivity index is 1.70. The van der Waals surface area contributed by atoms with Crippen molar-refractivity contribution in [1.82, 2.24) is 15.2 Å². The first kappa shape index (κ1) is 14.2. The summed E-state index contributed by atoms with van der Waals surface area (Å²) < 4.78 is 10.8. The Kier molecular flexibility index (Phi) is 5.57. The molecule has 2 heterocycles. The summed E-state index contributed by atoms with van der Waals surface area (Å²) in [5, 5.41) is 3.42.